The van der Waals surface area contributed by atoms with Crippen molar-refractivity contribution < 1.29 is 4.79 Å². The van der Waals surface area contributed by atoms with E-state index in [1.54, 1.807) is 6.33 Å². The van der Waals surface area contributed by atoms with Crippen LogP contribution in [0.5, 0.6) is 0 Å². The largest absolute Gasteiger partial charge is 0.338 e. The first-order valence-corrected chi connectivity index (χ1v) is 12.1. The molecular formula is C26H35N5O. The SMILES string of the molecule is Cc1ncnc(C)c1C(=O)N1CC2CN(CCC3(c4ccccc4)CCNCC3)CC2C1. The van der Waals surface area contributed by atoms with E-state index >= 15 is 0 Å². The molecule has 2 aromatic rings. The summed E-state index contributed by atoms with van der Waals surface area (Å²) in [5.74, 6) is 1.29. The van der Waals surface area contributed by atoms with E-state index in [0.717, 1.165) is 57.2 Å². The lowest BCUT2D eigenvalue weighted by Crippen LogP contribution is -2.42. The third kappa shape index (κ3) is 4.06. The van der Waals surface area contributed by atoms with E-state index in [2.05, 4.69) is 50.5 Å². The van der Waals surface area contributed by atoms with Gasteiger partial charge in [-0.2, -0.15) is 0 Å². The van der Waals surface area contributed by atoms with E-state index in [1.807, 2.05) is 18.7 Å². The molecule has 3 aliphatic rings. The van der Waals surface area contributed by atoms with Crippen LogP contribution in [-0.2, 0) is 5.41 Å². The number of benzene rings is 1. The van der Waals surface area contributed by atoms with Gasteiger partial charge in [-0.1, -0.05) is 30.3 Å². The molecule has 1 aromatic carbocycles. The molecule has 0 saturated carbocycles. The molecule has 2 atom stereocenters. The smallest absolute Gasteiger partial charge is 0.257 e. The molecular weight excluding hydrogens is 398 g/mol. The van der Waals surface area contributed by atoms with Crippen molar-refractivity contribution in [3.8, 4) is 0 Å². The molecule has 5 rings (SSSR count). The number of aromatic nitrogens is 2. The summed E-state index contributed by atoms with van der Waals surface area (Å²) < 4.78 is 0. The van der Waals surface area contributed by atoms with Gasteiger partial charge < -0.3 is 15.1 Å². The predicted octanol–water partition coefficient (Wildman–Crippen LogP) is 2.81. The zero-order valence-corrected chi connectivity index (χ0v) is 19.4. The first kappa shape index (κ1) is 21.5. The number of amides is 1. The fourth-order valence-corrected chi connectivity index (χ4v) is 6.25. The highest BCUT2D eigenvalue weighted by molar-refractivity contribution is 5.96. The minimum atomic E-state index is 0.110. The Balaban J connectivity index is 1.20. The molecule has 3 saturated heterocycles. The molecule has 1 N–H and O–H groups in total. The molecule has 170 valence electrons. The zero-order chi connectivity index (χ0) is 22.1. The van der Waals surface area contributed by atoms with E-state index < -0.39 is 0 Å². The fraction of sp³-hybridized carbons (Fsp3) is 0.577. The first-order chi connectivity index (χ1) is 15.6. The second-order valence-electron chi connectivity index (χ2n) is 10.1. The summed E-state index contributed by atoms with van der Waals surface area (Å²) >= 11 is 0. The number of hydrogen-bond donors (Lipinski definition) is 1. The Kier molecular flexibility index (Phi) is 5.99. The summed E-state index contributed by atoms with van der Waals surface area (Å²) in [6.07, 6.45) is 5.21. The van der Waals surface area contributed by atoms with Crippen molar-refractivity contribution in [1.29, 1.82) is 0 Å². The van der Waals surface area contributed by atoms with Gasteiger partial charge in [0.25, 0.3) is 5.91 Å². The summed E-state index contributed by atoms with van der Waals surface area (Å²) in [6.45, 7) is 11.1. The average Bonchev–Trinajstić information content (AvgIpc) is 3.38. The standard InChI is InChI=1S/C26H35N5O/c1-19-24(20(2)29-18-28-19)25(32)31-16-21-14-30(15-22(21)17-31)13-10-26(8-11-27-12-9-26)23-6-4-3-5-7-23/h3-7,18,21-22,27H,8-17H2,1-2H3. The van der Waals surface area contributed by atoms with Crippen molar-refractivity contribution in [2.75, 3.05) is 45.8 Å². The van der Waals surface area contributed by atoms with Gasteiger partial charge in [0.15, 0.2) is 0 Å². The Morgan fingerprint density at radius 2 is 1.62 bits per heavy atom. The topological polar surface area (TPSA) is 61.4 Å². The maximum atomic E-state index is 13.2. The number of carbonyl (C=O) groups is 1. The number of carbonyl (C=O) groups excluding carboxylic acids is 1. The van der Waals surface area contributed by atoms with Crippen molar-refractivity contribution in [1.82, 2.24) is 25.1 Å². The summed E-state index contributed by atoms with van der Waals surface area (Å²) in [6, 6.07) is 11.1. The molecule has 0 spiro atoms. The average molecular weight is 434 g/mol. The lowest BCUT2D eigenvalue weighted by atomic mass is 9.71. The Bertz CT molecular complexity index is 922. The van der Waals surface area contributed by atoms with E-state index in [4.69, 9.17) is 0 Å². The van der Waals surface area contributed by atoms with E-state index in [1.165, 1.54) is 24.8 Å². The number of hydrogen-bond acceptors (Lipinski definition) is 5. The number of piperidine rings is 1. The van der Waals surface area contributed by atoms with Gasteiger partial charge in [-0.05, 0) is 75.6 Å². The van der Waals surface area contributed by atoms with Gasteiger partial charge in [0.05, 0.1) is 17.0 Å². The van der Waals surface area contributed by atoms with Crippen LogP contribution in [0.2, 0.25) is 0 Å². The Morgan fingerprint density at radius 3 is 2.25 bits per heavy atom. The van der Waals surface area contributed by atoms with Gasteiger partial charge in [0, 0.05) is 26.2 Å². The van der Waals surface area contributed by atoms with Gasteiger partial charge in [-0.3, -0.25) is 4.79 Å². The summed E-state index contributed by atoms with van der Waals surface area (Å²) in [4.78, 5) is 26.4. The highest BCUT2D eigenvalue weighted by Crippen LogP contribution is 2.38. The maximum absolute atomic E-state index is 13.2. The molecule has 0 aliphatic carbocycles. The third-order valence-electron chi connectivity index (χ3n) is 8.14. The van der Waals surface area contributed by atoms with Gasteiger partial charge in [-0.15, -0.1) is 0 Å². The Hall–Kier alpha value is -2.31. The quantitative estimate of drug-likeness (QED) is 0.786. The molecule has 0 bridgehead atoms. The lowest BCUT2D eigenvalue weighted by Gasteiger charge is -2.39. The van der Waals surface area contributed by atoms with Gasteiger partial charge in [0.2, 0.25) is 0 Å². The zero-order valence-electron chi connectivity index (χ0n) is 19.4. The summed E-state index contributed by atoms with van der Waals surface area (Å²) in [7, 11) is 0. The molecule has 1 aromatic heterocycles. The summed E-state index contributed by atoms with van der Waals surface area (Å²) in [5.41, 5.74) is 4.08. The second kappa shape index (κ2) is 8.91. The lowest BCUT2D eigenvalue weighted by molar-refractivity contribution is 0.0770. The number of aryl methyl sites for hydroxylation is 2. The third-order valence-corrected chi connectivity index (χ3v) is 8.14. The first-order valence-electron chi connectivity index (χ1n) is 12.1. The number of fused-ring (bicyclic) bond motifs is 1. The molecule has 32 heavy (non-hydrogen) atoms. The van der Waals surface area contributed by atoms with Crippen LogP contribution in [0.15, 0.2) is 36.7 Å². The predicted molar refractivity (Wildman–Crippen MR) is 126 cm³/mol. The fourth-order valence-electron chi connectivity index (χ4n) is 6.25. The van der Waals surface area contributed by atoms with Crippen molar-refractivity contribution in [2.45, 2.75) is 38.5 Å². The molecule has 3 fully saturated rings. The summed E-state index contributed by atoms with van der Waals surface area (Å²) in [5, 5.41) is 3.55. The molecule has 1 amide bonds. The van der Waals surface area contributed by atoms with Crippen LogP contribution < -0.4 is 5.32 Å². The van der Waals surface area contributed by atoms with Crippen molar-refractivity contribution >= 4 is 5.91 Å². The van der Waals surface area contributed by atoms with E-state index in [0.29, 0.717) is 22.8 Å². The highest BCUT2D eigenvalue weighted by atomic mass is 16.2. The highest BCUT2D eigenvalue weighted by Gasteiger charge is 2.43. The Morgan fingerprint density at radius 1 is 1.00 bits per heavy atom. The van der Waals surface area contributed by atoms with Crippen LogP contribution >= 0.6 is 0 Å². The molecule has 4 heterocycles. The molecule has 6 nitrogen and oxygen atoms in total. The molecule has 6 heteroatoms. The maximum Gasteiger partial charge on any atom is 0.257 e. The molecule has 2 unspecified atom stereocenters. The number of rotatable bonds is 5. The van der Waals surface area contributed by atoms with Crippen LogP contribution in [0.25, 0.3) is 0 Å². The minimum Gasteiger partial charge on any atom is -0.338 e. The van der Waals surface area contributed by atoms with Crippen LogP contribution in [0, 0.1) is 25.7 Å². The van der Waals surface area contributed by atoms with E-state index in [9.17, 15) is 4.79 Å². The van der Waals surface area contributed by atoms with Crippen molar-refractivity contribution in [2.24, 2.45) is 11.8 Å². The van der Waals surface area contributed by atoms with Crippen molar-refractivity contribution in [3.05, 3.63) is 59.2 Å². The van der Waals surface area contributed by atoms with Crippen LogP contribution in [0.4, 0.5) is 0 Å². The number of nitrogens with one attached hydrogen (secondary N) is 1. The van der Waals surface area contributed by atoms with Crippen LogP contribution in [0.1, 0.15) is 46.6 Å². The number of nitrogens with zero attached hydrogens (tertiary/aromatic N) is 4. The van der Waals surface area contributed by atoms with Gasteiger partial charge in [0.1, 0.15) is 6.33 Å². The van der Waals surface area contributed by atoms with Gasteiger partial charge in [-0.25, -0.2) is 9.97 Å². The molecule has 0 radical (unpaired) electrons. The second-order valence-corrected chi connectivity index (χ2v) is 10.1. The minimum absolute atomic E-state index is 0.110. The van der Waals surface area contributed by atoms with E-state index in [-0.39, 0.29) is 5.91 Å². The molecule has 3 aliphatic heterocycles. The normalized spacial score (nSPS) is 25.1. The van der Waals surface area contributed by atoms with Crippen LogP contribution in [0.3, 0.4) is 0 Å². The number of likely N-dealkylation sites (tertiary alicyclic amines) is 2. The van der Waals surface area contributed by atoms with Crippen molar-refractivity contribution in [3.63, 3.8) is 0 Å². The Labute approximate surface area is 191 Å². The monoisotopic (exact) mass is 433 g/mol. The van der Waals surface area contributed by atoms with Gasteiger partial charge >= 0.3 is 0 Å². The van der Waals surface area contributed by atoms with Crippen LogP contribution in [-0.4, -0.2) is 71.5 Å².